The molecule has 0 radical (unpaired) electrons. The number of carbonyl (C=O) groups is 1. The monoisotopic (exact) mass is 236 g/mol. The van der Waals surface area contributed by atoms with Gasteiger partial charge >= 0.3 is 0 Å². The average molecular weight is 236 g/mol. The molecule has 0 unspecified atom stereocenters. The summed E-state index contributed by atoms with van der Waals surface area (Å²) < 4.78 is 10.8. The van der Waals surface area contributed by atoms with Gasteiger partial charge < -0.3 is 14.9 Å². The van der Waals surface area contributed by atoms with Crippen LogP contribution in [0.3, 0.4) is 0 Å². The first-order chi connectivity index (χ1) is 8.24. The third-order valence-electron chi connectivity index (χ3n) is 2.58. The molecule has 1 aliphatic rings. The summed E-state index contributed by atoms with van der Waals surface area (Å²) in [6.07, 6.45) is 2.86. The molecule has 5 heteroatoms. The first-order valence-corrected chi connectivity index (χ1v) is 5.60. The lowest BCUT2D eigenvalue weighted by atomic mass is 10.3. The second-order valence-electron chi connectivity index (χ2n) is 3.93. The first-order valence-electron chi connectivity index (χ1n) is 5.60. The van der Waals surface area contributed by atoms with Crippen LogP contribution in [-0.2, 0) is 16.1 Å². The second kappa shape index (κ2) is 5.65. The molecule has 1 aromatic heterocycles. The van der Waals surface area contributed by atoms with Crippen LogP contribution in [0.2, 0.25) is 0 Å². The molecule has 1 aliphatic heterocycles. The zero-order valence-electron chi connectivity index (χ0n) is 9.59. The summed E-state index contributed by atoms with van der Waals surface area (Å²) in [5.74, 6) is 1.05. The van der Waals surface area contributed by atoms with Crippen LogP contribution in [0.1, 0.15) is 11.5 Å². The van der Waals surface area contributed by atoms with E-state index in [0.29, 0.717) is 5.76 Å². The summed E-state index contributed by atoms with van der Waals surface area (Å²) in [6.45, 7) is 4.17. The Morgan fingerprint density at radius 2 is 2.18 bits per heavy atom. The van der Waals surface area contributed by atoms with Gasteiger partial charge in [-0.05, 0) is 18.2 Å². The molecule has 0 aromatic carbocycles. The van der Waals surface area contributed by atoms with Crippen molar-refractivity contribution in [2.75, 3.05) is 26.3 Å². The van der Waals surface area contributed by atoms with Crippen molar-refractivity contribution >= 4 is 12.0 Å². The van der Waals surface area contributed by atoms with Crippen LogP contribution in [0.25, 0.3) is 6.08 Å². The van der Waals surface area contributed by atoms with Crippen LogP contribution in [0.15, 0.2) is 22.6 Å². The summed E-state index contributed by atoms with van der Waals surface area (Å²) in [4.78, 5) is 12.8. The number of morpholine rings is 1. The minimum absolute atomic E-state index is 0.476. The molecule has 17 heavy (non-hydrogen) atoms. The molecule has 1 fully saturated rings. The van der Waals surface area contributed by atoms with Gasteiger partial charge in [0, 0.05) is 19.2 Å². The van der Waals surface area contributed by atoms with Gasteiger partial charge in [-0.3, -0.25) is 9.69 Å². The summed E-state index contributed by atoms with van der Waals surface area (Å²) in [5.41, 5.74) is 5.01. The molecule has 5 nitrogen and oxygen atoms in total. The van der Waals surface area contributed by atoms with Gasteiger partial charge in [-0.25, -0.2) is 0 Å². The highest BCUT2D eigenvalue weighted by molar-refractivity contribution is 5.89. The zero-order valence-corrected chi connectivity index (χ0v) is 9.59. The van der Waals surface area contributed by atoms with Gasteiger partial charge in [-0.1, -0.05) is 0 Å². The number of furan rings is 1. The molecule has 1 amide bonds. The van der Waals surface area contributed by atoms with E-state index in [1.165, 1.54) is 6.08 Å². The fourth-order valence-electron chi connectivity index (χ4n) is 1.71. The Morgan fingerprint density at radius 1 is 1.41 bits per heavy atom. The maximum Gasteiger partial charge on any atom is 0.241 e. The van der Waals surface area contributed by atoms with E-state index in [-0.39, 0.29) is 0 Å². The highest BCUT2D eigenvalue weighted by atomic mass is 16.5. The van der Waals surface area contributed by atoms with Crippen LogP contribution < -0.4 is 5.73 Å². The van der Waals surface area contributed by atoms with Gasteiger partial charge in [0.05, 0.1) is 19.8 Å². The Hall–Kier alpha value is -1.59. The summed E-state index contributed by atoms with van der Waals surface area (Å²) >= 11 is 0. The summed E-state index contributed by atoms with van der Waals surface area (Å²) in [7, 11) is 0. The van der Waals surface area contributed by atoms with Crippen LogP contribution in [-0.4, -0.2) is 37.1 Å². The fourth-order valence-corrected chi connectivity index (χ4v) is 1.71. The van der Waals surface area contributed by atoms with Crippen molar-refractivity contribution < 1.29 is 13.9 Å². The van der Waals surface area contributed by atoms with E-state index < -0.39 is 5.91 Å². The largest absolute Gasteiger partial charge is 0.460 e. The van der Waals surface area contributed by atoms with Gasteiger partial charge in [0.1, 0.15) is 11.5 Å². The zero-order chi connectivity index (χ0) is 12.1. The molecule has 0 aliphatic carbocycles. The number of primary amides is 1. The standard InChI is InChI=1S/C12H16N2O3/c13-12(15)4-3-10-1-2-11(17-10)9-14-5-7-16-8-6-14/h1-4H,5-9H2,(H2,13,15)/b4-3+. The van der Waals surface area contributed by atoms with Crippen molar-refractivity contribution in [3.05, 3.63) is 29.7 Å². The molecular formula is C12H16N2O3. The van der Waals surface area contributed by atoms with E-state index in [0.717, 1.165) is 38.6 Å². The number of nitrogens with zero attached hydrogens (tertiary/aromatic N) is 1. The fraction of sp³-hybridized carbons (Fsp3) is 0.417. The van der Waals surface area contributed by atoms with Gasteiger partial charge in [-0.2, -0.15) is 0 Å². The van der Waals surface area contributed by atoms with Crippen molar-refractivity contribution in [2.45, 2.75) is 6.54 Å². The number of hydrogen-bond donors (Lipinski definition) is 1. The molecule has 2 rings (SSSR count). The Labute approximate surface area is 99.8 Å². The third-order valence-corrected chi connectivity index (χ3v) is 2.58. The van der Waals surface area contributed by atoms with Crippen LogP contribution in [0, 0.1) is 0 Å². The molecule has 1 saturated heterocycles. The van der Waals surface area contributed by atoms with Gasteiger partial charge in [0.25, 0.3) is 0 Å². The summed E-state index contributed by atoms with van der Waals surface area (Å²) in [5, 5.41) is 0. The second-order valence-corrected chi connectivity index (χ2v) is 3.93. The lowest BCUT2D eigenvalue weighted by Gasteiger charge is -2.25. The molecular weight excluding hydrogens is 220 g/mol. The lowest BCUT2D eigenvalue weighted by Crippen LogP contribution is -2.35. The van der Waals surface area contributed by atoms with Crippen molar-refractivity contribution in [3.8, 4) is 0 Å². The minimum Gasteiger partial charge on any atom is -0.460 e. The summed E-state index contributed by atoms with van der Waals surface area (Å²) in [6, 6.07) is 3.74. The maximum absolute atomic E-state index is 10.6. The molecule has 0 spiro atoms. The van der Waals surface area contributed by atoms with Gasteiger partial charge in [0.15, 0.2) is 0 Å². The molecule has 0 atom stereocenters. The van der Waals surface area contributed by atoms with E-state index >= 15 is 0 Å². The van der Waals surface area contributed by atoms with Crippen molar-refractivity contribution in [1.29, 1.82) is 0 Å². The number of nitrogens with two attached hydrogens (primary N) is 1. The van der Waals surface area contributed by atoms with E-state index in [4.69, 9.17) is 14.9 Å². The quantitative estimate of drug-likeness (QED) is 0.778. The number of carbonyl (C=O) groups excluding carboxylic acids is 1. The SMILES string of the molecule is NC(=O)/C=C/c1ccc(CN2CCOCC2)o1. The lowest BCUT2D eigenvalue weighted by molar-refractivity contribution is -0.113. The molecule has 1 aromatic rings. The number of ether oxygens (including phenoxy) is 1. The normalized spacial score (nSPS) is 17.6. The topological polar surface area (TPSA) is 68.7 Å². The molecule has 92 valence electrons. The number of rotatable bonds is 4. The van der Waals surface area contributed by atoms with E-state index in [1.54, 1.807) is 6.08 Å². The minimum atomic E-state index is -0.476. The van der Waals surface area contributed by atoms with E-state index in [2.05, 4.69) is 4.90 Å². The van der Waals surface area contributed by atoms with Crippen molar-refractivity contribution in [2.24, 2.45) is 5.73 Å². The molecule has 2 heterocycles. The molecule has 2 N–H and O–H groups in total. The Morgan fingerprint density at radius 3 is 2.88 bits per heavy atom. The van der Waals surface area contributed by atoms with Crippen molar-refractivity contribution in [1.82, 2.24) is 4.90 Å². The molecule has 0 saturated carbocycles. The highest BCUT2D eigenvalue weighted by Gasteiger charge is 2.12. The Kier molecular flexibility index (Phi) is 3.95. The van der Waals surface area contributed by atoms with Gasteiger partial charge in [0.2, 0.25) is 5.91 Å². The molecule has 0 bridgehead atoms. The van der Waals surface area contributed by atoms with E-state index in [1.807, 2.05) is 12.1 Å². The van der Waals surface area contributed by atoms with Crippen molar-refractivity contribution in [3.63, 3.8) is 0 Å². The highest BCUT2D eigenvalue weighted by Crippen LogP contribution is 2.12. The number of hydrogen-bond acceptors (Lipinski definition) is 4. The maximum atomic E-state index is 10.6. The van der Waals surface area contributed by atoms with Crippen LogP contribution >= 0.6 is 0 Å². The smallest absolute Gasteiger partial charge is 0.241 e. The average Bonchev–Trinajstić information content (AvgIpc) is 2.75. The van der Waals surface area contributed by atoms with Gasteiger partial charge in [-0.15, -0.1) is 0 Å². The van der Waals surface area contributed by atoms with E-state index in [9.17, 15) is 4.79 Å². The third kappa shape index (κ3) is 3.72. The number of amides is 1. The Bertz CT molecular complexity index is 406. The van der Waals surface area contributed by atoms with Crippen LogP contribution in [0.4, 0.5) is 0 Å². The first kappa shape index (κ1) is 11.9. The predicted molar refractivity (Wildman–Crippen MR) is 63.0 cm³/mol. The van der Waals surface area contributed by atoms with Crippen LogP contribution in [0.5, 0.6) is 0 Å². The Balaban J connectivity index is 1.91. The predicted octanol–water partition coefficient (Wildman–Crippen LogP) is 0.610.